The van der Waals surface area contributed by atoms with Crippen LogP contribution in [0.3, 0.4) is 0 Å². The average Bonchev–Trinajstić information content (AvgIpc) is 2.48. The van der Waals surface area contributed by atoms with E-state index in [0.717, 1.165) is 29.0 Å². The molecule has 0 aromatic heterocycles. The van der Waals surface area contributed by atoms with E-state index in [-0.39, 0.29) is 4.83 Å². The van der Waals surface area contributed by atoms with E-state index in [1.165, 1.54) is 16.7 Å². The maximum Gasteiger partial charge on any atom is 0.0662 e. The highest BCUT2D eigenvalue weighted by molar-refractivity contribution is 9.09. The van der Waals surface area contributed by atoms with Crippen LogP contribution in [0.25, 0.3) is 0 Å². The van der Waals surface area contributed by atoms with Gasteiger partial charge in [-0.15, -0.1) is 0 Å². The molecular weight excluding hydrogens is 332 g/mol. The van der Waals surface area contributed by atoms with Crippen LogP contribution in [0.1, 0.15) is 46.5 Å². The van der Waals surface area contributed by atoms with Gasteiger partial charge in [-0.25, -0.2) is 0 Å². The predicted molar refractivity (Wildman–Crippen MR) is 92.2 cm³/mol. The Morgan fingerprint density at radius 1 is 1.05 bits per heavy atom. The quantitative estimate of drug-likeness (QED) is 0.570. The molecule has 0 nitrogen and oxygen atoms in total. The summed E-state index contributed by atoms with van der Waals surface area (Å²) in [5.74, 6) is 0. The van der Waals surface area contributed by atoms with Crippen molar-refractivity contribution < 1.29 is 0 Å². The second-order valence-electron chi connectivity index (χ2n) is 5.08. The SMILES string of the molecule is CCc1ccc(CC)c(C(Br)c2cccc(C)c2Cl)c1. The van der Waals surface area contributed by atoms with Crippen LogP contribution in [0.5, 0.6) is 0 Å². The minimum Gasteiger partial charge on any atom is -0.0837 e. The molecule has 106 valence electrons. The molecule has 2 heteroatoms. The molecule has 0 saturated carbocycles. The van der Waals surface area contributed by atoms with Crippen LogP contribution in [0.2, 0.25) is 5.02 Å². The first kappa shape index (κ1) is 15.6. The zero-order valence-corrected chi connectivity index (χ0v) is 14.6. The van der Waals surface area contributed by atoms with Crippen LogP contribution in [-0.2, 0) is 12.8 Å². The van der Waals surface area contributed by atoms with Crippen molar-refractivity contribution in [3.05, 3.63) is 69.2 Å². The van der Waals surface area contributed by atoms with Crippen molar-refractivity contribution in [1.82, 2.24) is 0 Å². The van der Waals surface area contributed by atoms with E-state index in [1.807, 2.05) is 0 Å². The molecular formula is C18H20BrCl. The second-order valence-corrected chi connectivity index (χ2v) is 6.37. The van der Waals surface area contributed by atoms with Crippen molar-refractivity contribution in [3.63, 3.8) is 0 Å². The number of halogens is 2. The fourth-order valence-electron chi connectivity index (χ4n) is 2.46. The summed E-state index contributed by atoms with van der Waals surface area (Å²) < 4.78 is 0. The lowest BCUT2D eigenvalue weighted by Crippen LogP contribution is -2.01. The minimum absolute atomic E-state index is 0.149. The third-order valence-corrected chi connectivity index (χ3v) is 5.27. The summed E-state index contributed by atoms with van der Waals surface area (Å²) in [6.07, 6.45) is 2.09. The van der Waals surface area contributed by atoms with Gasteiger partial charge in [-0.2, -0.15) is 0 Å². The van der Waals surface area contributed by atoms with Crippen LogP contribution in [0.15, 0.2) is 36.4 Å². The van der Waals surface area contributed by atoms with Crippen molar-refractivity contribution in [2.24, 2.45) is 0 Å². The van der Waals surface area contributed by atoms with E-state index in [2.05, 4.69) is 73.1 Å². The fraction of sp³-hybridized carbons (Fsp3) is 0.333. The zero-order valence-electron chi connectivity index (χ0n) is 12.2. The minimum atomic E-state index is 0.149. The molecule has 0 radical (unpaired) electrons. The monoisotopic (exact) mass is 350 g/mol. The molecule has 0 aliphatic carbocycles. The molecule has 0 heterocycles. The molecule has 0 saturated heterocycles. The molecule has 1 unspecified atom stereocenters. The van der Waals surface area contributed by atoms with Gasteiger partial charge in [0.1, 0.15) is 0 Å². The Hall–Kier alpha value is -0.790. The van der Waals surface area contributed by atoms with E-state index < -0.39 is 0 Å². The molecule has 0 aliphatic rings. The average molecular weight is 352 g/mol. The van der Waals surface area contributed by atoms with Gasteiger partial charge in [0.15, 0.2) is 0 Å². The van der Waals surface area contributed by atoms with E-state index in [9.17, 15) is 0 Å². The molecule has 2 aromatic rings. The number of rotatable bonds is 4. The highest BCUT2D eigenvalue weighted by Crippen LogP contribution is 2.38. The Bertz CT molecular complexity index is 604. The number of benzene rings is 2. The predicted octanol–water partition coefficient (Wildman–Crippen LogP) is 6.26. The summed E-state index contributed by atoms with van der Waals surface area (Å²) in [6, 6.07) is 13.0. The standard InChI is InChI=1S/C18H20BrCl/c1-4-13-9-10-14(5-2)16(11-13)17(19)15-8-6-7-12(3)18(15)20/h6-11,17H,4-5H2,1-3H3. The van der Waals surface area contributed by atoms with Crippen LogP contribution >= 0.6 is 27.5 Å². The normalized spacial score (nSPS) is 12.4. The van der Waals surface area contributed by atoms with Crippen LogP contribution in [-0.4, -0.2) is 0 Å². The summed E-state index contributed by atoms with van der Waals surface area (Å²) in [6.45, 7) is 6.43. The number of hydrogen-bond acceptors (Lipinski definition) is 0. The molecule has 0 aliphatic heterocycles. The van der Waals surface area contributed by atoms with E-state index in [0.29, 0.717) is 0 Å². The lowest BCUT2D eigenvalue weighted by molar-refractivity contribution is 1.03. The van der Waals surface area contributed by atoms with Crippen molar-refractivity contribution in [2.75, 3.05) is 0 Å². The first-order valence-corrected chi connectivity index (χ1v) is 8.38. The van der Waals surface area contributed by atoms with Gasteiger partial charge in [0.25, 0.3) is 0 Å². The van der Waals surface area contributed by atoms with Gasteiger partial charge in [0.2, 0.25) is 0 Å². The smallest absolute Gasteiger partial charge is 0.0662 e. The van der Waals surface area contributed by atoms with Gasteiger partial charge < -0.3 is 0 Å². The first-order chi connectivity index (χ1) is 9.58. The Balaban J connectivity index is 2.51. The van der Waals surface area contributed by atoms with Gasteiger partial charge in [0, 0.05) is 5.02 Å². The third kappa shape index (κ3) is 3.10. The van der Waals surface area contributed by atoms with Crippen molar-refractivity contribution in [1.29, 1.82) is 0 Å². The van der Waals surface area contributed by atoms with Crippen LogP contribution in [0.4, 0.5) is 0 Å². The van der Waals surface area contributed by atoms with Gasteiger partial charge in [0.05, 0.1) is 4.83 Å². The molecule has 0 fully saturated rings. The van der Waals surface area contributed by atoms with Gasteiger partial charge in [-0.1, -0.05) is 77.8 Å². The summed E-state index contributed by atoms with van der Waals surface area (Å²) in [7, 11) is 0. The topological polar surface area (TPSA) is 0 Å². The van der Waals surface area contributed by atoms with Gasteiger partial charge in [-0.05, 0) is 47.6 Å². The molecule has 0 spiro atoms. The molecule has 2 rings (SSSR count). The Morgan fingerprint density at radius 3 is 2.45 bits per heavy atom. The van der Waals surface area contributed by atoms with E-state index in [1.54, 1.807) is 0 Å². The summed E-state index contributed by atoms with van der Waals surface area (Å²) >= 11 is 10.3. The highest BCUT2D eigenvalue weighted by atomic mass is 79.9. The van der Waals surface area contributed by atoms with Crippen molar-refractivity contribution >= 4 is 27.5 Å². The third-order valence-electron chi connectivity index (χ3n) is 3.77. The zero-order chi connectivity index (χ0) is 14.7. The summed E-state index contributed by atoms with van der Waals surface area (Å²) in [5, 5.41) is 0.860. The molecule has 0 amide bonds. The number of hydrogen-bond donors (Lipinski definition) is 0. The highest BCUT2D eigenvalue weighted by Gasteiger charge is 2.17. The maximum atomic E-state index is 6.48. The molecule has 0 bridgehead atoms. The van der Waals surface area contributed by atoms with Gasteiger partial charge in [-0.3, -0.25) is 0 Å². The van der Waals surface area contributed by atoms with E-state index in [4.69, 9.17) is 11.6 Å². The number of aryl methyl sites for hydroxylation is 3. The molecule has 0 N–H and O–H groups in total. The molecule has 2 aromatic carbocycles. The fourth-order valence-corrected chi connectivity index (χ4v) is 3.63. The molecule has 1 atom stereocenters. The largest absolute Gasteiger partial charge is 0.0837 e. The number of alkyl halides is 1. The molecule has 20 heavy (non-hydrogen) atoms. The van der Waals surface area contributed by atoms with Crippen LogP contribution < -0.4 is 0 Å². The lowest BCUT2D eigenvalue weighted by Gasteiger charge is -2.18. The summed E-state index contributed by atoms with van der Waals surface area (Å²) in [5.41, 5.74) is 6.35. The Labute approximate surface area is 135 Å². The Morgan fingerprint density at radius 2 is 1.80 bits per heavy atom. The second kappa shape index (κ2) is 6.78. The maximum absolute atomic E-state index is 6.48. The van der Waals surface area contributed by atoms with Crippen LogP contribution in [0, 0.1) is 6.92 Å². The summed E-state index contributed by atoms with van der Waals surface area (Å²) in [4.78, 5) is 0.149. The van der Waals surface area contributed by atoms with E-state index >= 15 is 0 Å². The van der Waals surface area contributed by atoms with Gasteiger partial charge >= 0.3 is 0 Å². The lowest BCUT2D eigenvalue weighted by atomic mass is 9.94. The Kier molecular flexibility index (Phi) is 5.29. The van der Waals surface area contributed by atoms with Crippen molar-refractivity contribution in [2.45, 2.75) is 38.4 Å². The van der Waals surface area contributed by atoms with Crippen molar-refractivity contribution in [3.8, 4) is 0 Å². The first-order valence-electron chi connectivity index (χ1n) is 7.09.